The van der Waals surface area contributed by atoms with Gasteiger partial charge in [-0.05, 0) is 19.3 Å². The second kappa shape index (κ2) is 5.56. The zero-order valence-corrected chi connectivity index (χ0v) is 10.6. The van der Waals surface area contributed by atoms with Crippen LogP contribution in [0.4, 0.5) is 13.2 Å². The van der Waals surface area contributed by atoms with Crippen LogP contribution in [0.25, 0.3) is 0 Å². The van der Waals surface area contributed by atoms with Gasteiger partial charge in [-0.1, -0.05) is 6.42 Å². The number of nitrogens with one attached hydrogen (secondary N) is 1. The Bertz CT molecular complexity index is 340. The molecular formula is C10H18F3NO2S. The van der Waals surface area contributed by atoms with Crippen molar-refractivity contribution in [2.75, 3.05) is 18.6 Å². The maximum atomic E-state index is 12.5. The van der Waals surface area contributed by atoms with E-state index in [0.29, 0.717) is 12.8 Å². The summed E-state index contributed by atoms with van der Waals surface area (Å²) in [6.07, 6.45) is -1.52. The third-order valence-corrected chi connectivity index (χ3v) is 3.99. The molecule has 0 aromatic carbocycles. The summed E-state index contributed by atoms with van der Waals surface area (Å²) in [6, 6.07) is -0.211. The van der Waals surface area contributed by atoms with Crippen LogP contribution in [0, 0.1) is 5.92 Å². The van der Waals surface area contributed by atoms with Gasteiger partial charge in [0.1, 0.15) is 9.84 Å². The molecule has 17 heavy (non-hydrogen) atoms. The number of alkyl halides is 3. The Kier molecular flexibility index (Phi) is 4.83. The highest BCUT2D eigenvalue weighted by Gasteiger charge is 2.41. The molecule has 1 aliphatic carbocycles. The highest BCUT2D eigenvalue weighted by Crippen LogP contribution is 2.37. The van der Waals surface area contributed by atoms with E-state index in [1.807, 2.05) is 0 Å². The van der Waals surface area contributed by atoms with Gasteiger partial charge in [0, 0.05) is 18.8 Å². The SMILES string of the molecule is CS(=O)(=O)CCNC1CCCC(C(F)(F)F)C1. The van der Waals surface area contributed by atoms with Gasteiger partial charge in [-0.25, -0.2) is 8.42 Å². The first-order valence-corrected chi connectivity index (χ1v) is 7.72. The van der Waals surface area contributed by atoms with E-state index in [1.54, 1.807) is 0 Å². The van der Waals surface area contributed by atoms with E-state index in [0.717, 1.165) is 6.26 Å². The van der Waals surface area contributed by atoms with Crippen LogP contribution in [0.15, 0.2) is 0 Å². The Morgan fingerprint density at radius 3 is 2.47 bits per heavy atom. The van der Waals surface area contributed by atoms with Crippen LogP contribution in [0.1, 0.15) is 25.7 Å². The summed E-state index contributed by atoms with van der Waals surface area (Å²) in [4.78, 5) is 0. The van der Waals surface area contributed by atoms with Crippen molar-refractivity contribution in [2.24, 2.45) is 5.92 Å². The lowest BCUT2D eigenvalue weighted by molar-refractivity contribution is -0.183. The molecule has 0 spiro atoms. The molecule has 1 saturated carbocycles. The fourth-order valence-electron chi connectivity index (χ4n) is 2.12. The van der Waals surface area contributed by atoms with Crippen molar-refractivity contribution in [1.29, 1.82) is 0 Å². The summed E-state index contributed by atoms with van der Waals surface area (Å²) in [6.45, 7) is 0.230. The molecule has 0 aromatic rings. The lowest BCUT2D eigenvalue weighted by Gasteiger charge is -2.31. The molecule has 0 aliphatic heterocycles. The maximum absolute atomic E-state index is 12.5. The van der Waals surface area contributed by atoms with Crippen LogP contribution in [0.3, 0.4) is 0 Å². The molecule has 1 rings (SSSR count). The normalized spacial score (nSPS) is 27.1. The minimum Gasteiger partial charge on any atom is -0.313 e. The van der Waals surface area contributed by atoms with E-state index < -0.39 is 21.9 Å². The Hall–Kier alpha value is -0.300. The molecule has 2 atom stereocenters. The monoisotopic (exact) mass is 273 g/mol. The lowest BCUT2D eigenvalue weighted by atomic mass is 9.85. The number of halogens is 3. The molecule has 0 radical (unpaired) electrons. The van der Waals surface area contributed by atoms with Gasteiger partial charge in [0.25, 0.3) is 0 Å². The fourth-order valence-corrected chi connectivity index (χ4v) is 2.61. The molecule has 0 saturated heterocycles. The number of rotatable bonds is 4. The first kappa shape index (κ1) is 14.8. The average molecular weight is 273 g/mol. The molecule has 0 aromatic heterocycles. The van der Waals surface area contributed by atoms with Gasteiger partial charge >= 0.3 is 6.18 Å². The Morgan fingerprint density at radius 2 is 1.94 bits per heavy atom. The van der Waals surface area contributed by atoms with E-state index in [2.05, 4.69) is 5.32 Å². The average Bonchev–Trinajstić information content (AvgIpc) is 2.15. The van der Waals surface area contributed by atoms with Crippen molar-refractivity contribution < 1.29 is 21.6 Å². The lowest BCUT2D eigenvalue weighted by Crippen LogP contribution is -2.40. The van der Waals surface area contributed by atoms with Crippen molar-refractivity contribution in [3.8, 4) is 0 Å². The quantitative estimate of drug-likeness (QED) is 0.848. The standard InChI is InChI=1S/C10H18F3NO2S/c1-17(15,16)6-5-14-9-4-2-3-8(7-9)10(11,12)13/h8-9,14H,2-7H2,1H3. The molecule has 1 fully saturated rings. The minimum atomic E-state index is -4.13. The Morgan fingerprint density at radius 1 is 1.29 bits per heavy atom. The zero-order chi connectivity index (χ0) is 13.1. The smallest absolute Gasteiger partial charge is 0.313 e. The molecule has 1 N–H and O–H groups in total. The van der Waals surface area contributed by atoms with Gasteiger partial charge in [-0.15, -0.1) is 0 Å². The molecule has 102 valence electrons. The van der Waals surface area contributed by atoms with Crippen LogP contribution in [0.2, 0.25) is 0 Å². The number of hydrogen-bond donors (Lipinski definition) is 1. The van der Waals surface area contributed by atoms with Crippen LogP contribution >= 0.6 is 0 Å². The highest BCUT2D eigenvalue weighted by atomic mass is 32.2. The van der Waals surface area contributed by atoms with Crippen molar-refractivity contribution in [3.05, 3.63) is 0 Å². The largest absolute Gasteiger partial charge is 0.391 e. The molecule has 0 amide bonds. The van der Waals surface area contributed by atoms with Crippen molar-refractivity contribution in [3.63, 3.8) is 0 Å². The molecule has 0 bridgehead atoms. The molecule has 1 aliphatic rings. The first-order valence-electron chi connectivity index (χ1n) is 5.66. The van der Waals surface area contributed by atoms with E-state index in [4.69, 9.17) is 0 Å². The summed E-state index contributed by atoms with van der Waals surface area (Å²) in [5.74, 6) is -1.27. The molecule has 3 nitrogen and oxygen atoms in total. The summed E-state index contributed by atoms with van der Waals surface area (Å²) >= 11 is 0. The topological polar surface area (TPSA) is 46.2 Å². The fraction of sp³-hybridized carbons (Fsp3) is 1.00. The molecule has 0 heterocycles. The van der Waals surface area contributed by atoms with Crippen molar-refractivity contribution in [2.45, 2.75) is 37.9 Å². The van der Waals surface area contributed by atoms with Gasteiger partial charge in [-0.2, -0.15) is 13.2 Å². The van der Waals surface area contributed by atoms with E-state index in [-0.39, 0.29) is 31.2 Å². The van der Waals surface area contributed by atoms with Gasteiger partial charge in [0.05, 0.1) is 11.7 Å². The third kappa shape index (κ3) is 5.72. The van der Waals surface area contributed by atoms with E-state index >= 15 is 0 Å². The third-order valence-electron chi connectivity index (χ3n) is 3.04. The van der Waals surface area contributed by atoms with E-state index in [9.17, 15) is 21.6 Å². The van der Waals surface area contributed by atoms with Crippen LogP contribution < -0.4 is 5.32 Å². The maximum Gasteiger partial charge on any atom is 0.391 e. The van der Waals surface area contributed by atoms with Crippen molar-refractivity contribution >= 4 is 9.84 Å². The van der Waals surface area contributed by atoms with Gasteiger partial charge < -0.3 is 5.32 Å². The van der Waals surface area contributed by atoms with Crippen LogP contribution in [-0.4, -0.2) is 39.2 Å². The summed E-state index contributed by atoms with van der Waals surface area (Å²) in [5, 5.41) is 2.90. The first-order chi connectivity index (χ1) is 7.68. The highest BCUT2D eigenvalue weighted by molar-refractivity contribution is 7.90. The van der Waals surface area contributed by atoms with Gasteiger partial charge in [-0.3, -0.25) is 0 Å². The molecule has 7 heteroatoms. The Balaban J connectivity index is 2.35. The predicted octanol–water partition coefficient (Wildman–Crippen LogP) is 1.74. The number of hydrogen-bond acceptors (Lipinski definition) is 3. The second-order valence-corrected chi connectivity index (χ2v) is 6.95. The molecule has 2 unspecified atom stereocenters. The van der Waals surface area contributed by atoms with Gasteiger partial charge in [0.15, 0.2) is 0 Å². The number of sulfone groups is 1. The predicted molar refractivity (Wildman–Crippen MR) is 59.5 cm³/mol. The zero-order valence-electron chi connectivity index (χ0n) is 9.76. The van der Waals surface area contributed by atoms with Crippen LogP contribution in [-0.2, 0) is 9.84 Å². The van der Waals surface area contributed by atoms with E-state index in [1.165, 1.54) is 0 Å². The van der Waals surface area contributed by atoms with Crippen LogP contribution in [0.5, 0.6) is 0 Å². The molecular weight excluding hydrogens is 255 g/mol. The van der Waals surface area contributed by atoms with Crippen molar-refractivity contribution in [1.82, 2.24) is 5.32 Å². The minimum absolute atomic E-state index is 0.0276. The summed E-state index contributed by atoms with van der Waals surface area (Å²) in [7, 11) is -3.05. The van der Waals surface area contributed by atoms with Gasteiger partial charge in [0.2, 0.25) is 0 Å². The summed E-state index contributed by atoms with van der Waals surface area (Å²) in [5.41, 5.74) is 0. The summed E-state index contributed by atoms with van der Waals surface area (Å²) < 4.78 is 59.3. The Labute approximate surface area is 99.7 Å². The second-order valence-electron chi connectivity index (χ2n) is 4.69.